The fourth-order valence-electron chi connectivity index (χ4n) is 1.86. The quantitative estimate of drug-likeness (QED) is 0.650. The number of nitrogens with one attached hydrogen (secondary N) is 2. The number of aryl methyl sites for hydroxylation is 1. The summed E-state index contributed by atoms with van der Waals surface area (Å²) in [5.74, 6) is 0. The van der Waals surface area contributed by atoms with Crippen molar-refractivity contribution in [3.8, 4) is 0 Å². The lowest BCUT2D eigenvalue weighted by Gasteiger charge is -2.04. The highest BCUT2D eigenvalue weighted by Crippen LogP contribution is 2.03. The third kappa shape index (κ3) is 3.23. The topological polar surface area (TPSA) is 87.3 Å². The molecule has 0 aliphatic carbocycles. The minimum atomic E-state index is -0.533. The Balaban J connectivity index is 2.15. The summed E-state index contributed by atoms with van der Waals surface area (Å²) in [6, 6.07) is 9.57. The number of oxime groups is 1. The smallest absolute Gasteiger partial charge is 0.325 e. The van der Waals surface area contributed by atoms with Crippen LogP contribution in [-0.2, 0) is 11.4 Å². The van der Waals surface area contributed by atoms with E-state index in [1.54, 1.807) is 13.8 Å². The zero-order chi connectivity index (χ0) is 14.5. The van der Waals surface area contributed by atoms with Crippen LogP contribution in [0, 0.1) is 6.92 Å². The number of H-pyrrole nitrogens is 2. The monoisotopic (exact) mass is 273 g/mol. The molecule has 1 aromatic carbocycles. The normalized spacial score (nSPS) is 11.4. The van der Waals surface area contributed by atoms with E-state index in [1.807, 2.05) is 30.3 Å². The van der Waals surface area contributed by atoms with Crippen LogP contribution in [0.25, 0.3) is 0 Å². The summed E-state index contributed by atoms with van der Waals surface area (Å²) in [7, 11) is 0. The zero-order valence-electron chi connectivity index (χ0n) is 11.3. The number of nitrogens with zero attached hydrogens (tertiary/aromatic N) is 1. The fourth-order valence-corrected chi connectivity index (χ4v) is 1.86. The lowest BCUT2D eigenvalue weighted by molar-refractivity contribution is 0.130. The number of hydrogen-bond donors (Lipinski definition) is 2. The first-order valence-corrected chi connectivity index (χ1v) is 6.12. The predicted molar refractivity (Wildman–Crippen MR) is 75.9 cm³/mol. The van der Waals surface area contributed by atoms with Gasteiger partial charge >= 0.3 is 5.69 Å². The van der Waals surface area contributed by atoms with E-state index in [0.717, 1.165) is 5.56 Å². The molecule has 0 radical (unpaired) electrons. The minimum absolute atomic E-state index is 0.317. The SMILES string of the molecule is C/C(=N/OCc1ccccc1)c1c(C)[nH]c(=O)[nH]c1=O. The Kier molecular flexibility index (Phi) is 4.14. The highest BCUT2D eigenvalue weighted by molar-refractivity contribution is 5.98. The number of aromatic amines is 2. The summed E-state index contributed by atoms with van der Waals surface area (Å²) >= 11 is 0. The second-order valence-electron chi connectivity index (χ2n) is 4.34. The molecule has 6 nitrogen and oxygen atoms in total. The van der Waals surface area contributed by atoms with Gasteiger partial charge in [0.15, 0.2) is 0 Å². The first kappa shape index (κ1) is 13.8. The van der Waals surface area contributed by atoms with Crippen LogP contribution in [0.4, 0.5) is 0 Å². The molecule has 2 N–H and O–H groups in total. The third-order valence-corrected chi connectivity index (χ3v) is 2.77. The summed E-state index contributed by atoms with van der Waals surface area (Å²) in [6.07, 6.45) is 0. The molecule has 1 aromatic heterocycles. The Morgan fingerprint density at radius 2 is 1.90 bits per heavy atom. The Labute approximate surface area is 115 Å². The van der Waals surface area contributed by atoms with Crippen LogP contribution in [0.5, 0.6) is 0 Å². The number of rotatable bonds is 4. The van der Waals surface area contributed by atoms with Gasteiger partial charge in [-0.1, -0.05) is 35.5 Å². The fraction of sp³-hybridized carbons (Fsp3) is 0.214. The largest absolute Gasteiger partial charge is 0.391 e. The van der Waals surface area contributed by atoms with Gasteiger partial charge < -0.3 is 9.82 Å². The van der Waals surface area contributed by atoms with Crippen LogP contribution >= 0.6 is 0 Å². The maximum absolute atomic E-state index is 11.7. The van der Waals surface area contributed by atoms with Crippen molar-refractivity contribution in [2.75, 3.05) is 0 Å². The summed E-state index contributed by atoms with van der Waals surface area (Å²) < 4.78 is 0. The van der Waals surface area contributed by atoms with Gasteiger partial charge in [-0.3, -0.25) is 9.78 Å². The third-order valence-electron chi connectivity index (χ3n) is 2.77. The van der Waals surface area contributed by atoms with E-state index in [4.69, 9.17) is 4.84 Å². The molecule has 0 atom stereocenters. The average molecular weight is 273 g/mol. The van der Waals surface area contributed by atoms with E-state index in [2.05, 4.69) is 15.1 Å². The standard InChI is InChI=1S/C14H15N3O3/c1-9-12(13(18)16-14(19)15-9)10(2)17-20-8-11-6-4-3-5-7-11/h3-7H,8H2,1-2H3,(H2,15,16,18,19)/b17-10-. The van der Waals surface area contributed by atoms with Gasteiger partial charge in [-0.2, -0.15) is 0 Å². The Bertz CT molecular complexity index is 729. The molecule has 0 fully saturated rings. The van der Waals surface area contributed by atoms with Crippen LogP contribution in [0.15, 0.2) is 45.1 Å². The summed E-state index contributed by atoms with van der Waals surface area (Å²) in [6.45, 7) is 3.61. The van der Waals surface area contributed by atoms with Gasteiger partial charge in [0.05, 0.1) is 11.3 Å². The van der Waals surface area contributed by atoms with Crippen molar-refractivity contribution >= 4 is 5.71 Å². The van der Waals surface area contributed by atoms with E-state index in [-0.39, 0.29) is 0 Å². The molecule has 0 aliphatic heterocycles. The van der Waals surface area contributed by atoms with E-state index < -0.39 is 11.2 Å². The molecule has 0 saturated carbocycles. The Morgan fingerprint density at radius 3 is 2.55 bits per heavy atom. The Morgan fingerprint density at radius 1 is 1.20 bits per heavy atom. The molecular weight excluding hydrogens is 258 g/mol. The highest BCUT2D eigenvalue weighted by Gasteiger charge is 2.09. The Hall–Kier alpha value is -2.63. The molecule has 6 heteroatoms. The highest BCUT2D eigenvalue weighted by atomic mass is 16.6. The van der Waals surface area contributed by atoms with Crippen LogP contribution in [0.1, 0.15) is 23.7 Å². The molecule has 0 unspecified atom stereocenters. The maximum atomic E-state index is 11.7. The van der Waals surface area contributed by atoms with Gasteiger partial charge in [-0.15, -0.1) is 0 Å². The molecule has 0 aliphatic rings. The first-order valence-electron chi connectivity index (χ1n) is 6.12. The number of hydrogen-bond acceptors (Lipinski definition) is 4. The van der Waals surface area contributed by atoms with Crippen molar-refractivity contribution in [3.05, 3.63) is 68.0 Å². The molecular formula is C14H15N3O3. The summed E-state index contributed by atoms with van der Waals surface area (Å²) in [4.78, 5) is 32.7. The molecule has 0 spiro atoms. The molecule has 0 amide bonds. The van der Waals surface area contributed by atoms with Gasteiger partial charge in [0.1, 0.15) is 6.61 Å². The van der Waals surface area contributed by atoms with Gasteiger partial charge in [0.2, 0.25) is 0 Å². The van der Waals surface area contributed by atoms with Gasteiger partial charge in [-0.25, -0.2) is 4.79 Å². The summed E-state index contributed by atoms with van der Waals surface area (Å²) in [5.41, 5.74) is 1.16. The van der Waals surface area contributed by atoms with Crippen LogP contribution in [0.2, 0.25) is 0 Å². The second kappa shape index (κ2) is 6.01. The zero-order valence-corrected chi connectivity index (χ0v) is 11.3. The minimum Gasteiger partial charge on any atom is -0.391 e. The molecule has 2 rings (SSSR count). The lowest BCUT2D eigenvalue weighted by Crippen LogP contribution is -2.29. The van der Waals surface area contributed by atoms with E-state index in [9.17, 15) is 9.59 Å². The van der Waals surface area contributed by atoms with E-state index in [0.29, 0.717) is 23.6 Å². The maximum Gasteiger partial charge on any atom is 0.325 e. The van der Waals surface area contributed by atoms with Crippen molar-refractivity contribution < 1.29 is 4.84 Å². The van der Waals surface area contributed by atoms with E-state index >= 15 is 0 Å². The summed E-state index contributed by atoms with van der Waals surface area (Å²) in [5, 5.41) is 3.92. The molecule has 20 heavy (non-hydrogen) atoms. The van der Waals surface area contributed by atoms with Crippen LogP contribution in [0.3, 0.4) is 0 Å². The van der Waals surface area contributed by atoms with Crippen molar-refractivity contribution in [1.29, 1.82) is 0 Å². The number of benzene rings is 1. The first-order chi connectivity index (χ1) is 9.58. The molecule has 0 saturated heterocycles. The van der Waals surface area contributed by atoms with Crippen LogP contribution in [-0.4, -0.2) is 15.7 Å². The van der Waals surface area contributed by atoms with Crippen molar-refractivity contribution in [2.45, 2.75) is 20.5 Å². The van der Waals surface area contributed by atoms with Crippen LogP contribution < -0.4 is 11.2 Å². The number of aromatic nitrogens is 2. The van der Waals surface area contributed by atoms with Crippen molar-refractivity contribution in [1.82, 2.24) is 9.97 Å². The molecule has 2 aromatic rings. The second-order valence-corrected chi connectivity index (χ2v) is 4.34. The lowest BCUT2D eigenvalue weighted by atomic mass is 10.1. The van der Waals surface area contributed by atoms with Gasteiger partial charge in [-0.05, 0) is 19.4 Å². The molecule has 1 heterocycles. The molecule has 0 bridgehead atoms. The van der Waals surface area contributed by atoms with Gasteiger partial charge in [0, 0.05) is 5.69 Å². The van der Waals surface area contributed by atoms with E-state index in [1.165, 1.54) is 0 Å². The molecule has 104 valence electrons. The average Bonchev–Trinajstić information content (AvgIpc) is 2.38. The van der Waals surface area contributed by atoms with Crippen molar-refractivity contribution in [3.63, 3.8) is 0 Å². The van der Waals surface area contributed by atoms with Gasteiger partial charge in [0.25, 0.3) is 5.56 Å². The predicted octanol–water partition coefficient (Wildman–Crippen LogP) is 1.31. The van der Waals surface area contributed by atoms with Crippen molar-refractivity contribution in [2.24, 2.45) is 5.16 Å².